The first-order valence-corrected chi connectivity index (χ1v) is 10.2. The summed E-state index contributed by atoms with van der Waals surface area (Å²) in [5.74, 6) is 1.52. The van der Waals surface area contributed by atoms with E-state index in [2.05, 4.69) is 33.4 Å². The highest BCUT2D eigenvalue weighted by molar-refractivity contribution is 7.09. The molecule has 1 aliphatic heterocycles. The first kappa shape index (κ1) is 19.4. The Kier molecular flexibility index (Phi) is 5.03. The Morgan fingerprint density at radius 1 is 1.24 bits per heavy atom. The van der Waals surface area contributed by atoms with Crippen molar-refractivity contribution in [1.29, 1.82) is 0 Å². The number of hydrogen-bond acceptors (Lipinski definition) is 7. The van der Waals surface area contributed by atoms with E-state index in [0.717, 1.165) is 0 Å². The SMILES string of the molecule is CC1c2nnc(-c3nc(N(C)C(C)C)ns3)n2CCN1C(=O)c1ccc(F)cc1. The summed E-state index contributed by atoms with van der Waals surface area (Å²) in [6.45, 7) is 7.14. The van der Waals surface area contributed by atoms with Crippen molar-refractivity contribution in [3.8, 4) is 10.8 Å². The number of rotatable bonds is 4. The molecule has 3 aromatic rings. The molecule has 2 aromatic heterocycles. The van der Waals surface area contributed by atoms with Crippen LogP contribution in [-0.4, -0.2) is 54.6 Å². The molecule has 1 aliphatic rings. The van der Waals surface area contributed by atoms with E-state index in [1.807, 2.05) is 23.4 Å². The van der Waals surface area contributed by atoms with E-state index in [1.54, 1.807) is 4.90 Å². The van der Waals surface area contributed by atoms with Gasteiger partial charge in [-0.25, -0.2) is 4.39 Å². The van der Waals surface area contributed by atoms with Gasteiger partial charge in [0, 0.05) is 31.7 Å². The Balaban J connectivity index is 1.59. The maximum Gasteiger partial charge on any atom is 0.254 e. The fraction of sp³-hybridized carbons (Fsp3) is 0.421. The van der Waals surface area contributed by atoms with Gasteiger partial charge in [0.1, 0.15) is 5.82 Å². The monoisotopic (exact) mass is 415 g/mol. The summed E-state index contributed by atoms with van der Waals surface area (Å²) in [4.78, 5) is 21.2. The summed E-state index contributed by atoms with van der Waals surface area (Å²) in [6.07, 6.45) is 0. The van der Waals surface area contributed by atoms with Crippen molar-refractivity contribution >= 4 is 23.4 Å². The average molecular weight is 415 g/mol. The third kappa shape index (κ3) is 3.48. The van der Waals surface area contributed by atoms with E-state index in [0.29, 0.717) is 41.3 Å². The number of carbonyl (C=O) groups excluding carboxylic acids is 1. The molecule has 0 saturated heterocycles. The molecule has 3 heterocycles. The predicted octanol–water partition coefficient (Wildman–Crippen LogP) is 3.00. The first-order valence-electron chi connectivity index (χ1n) is 9.43. The minimum atomic E-state index is -0.364. The smallest absolute Gasteiger partial charge is 0.254 e. The molecular weight excluding hydrogens is 393 g/mol. The van der Waals surface area contributed by atoms with Gasteiger partial charge in [-0.3, -0.25) is 4.79 Å². The Morgan fingerprint density at radius 2 is 1.97 bits per heavy atom. The molecule has 0 saturated carbocycles. The number of hydrogen-bond donors (Lipinski definition) is 0. The van der Waals surface area contributed by atoms with E-state index < -0.39 is 0 Å². The highest BCUT2D eigenvalue weighted by atomic mass is 32.1. The average Bonchev–Trinajstić information content (AvgIpc) is 3.35. The molecule has 152 valence electrons. The summed E-state index contributed by atoms with van der Waals surface area (Å²) in [7, 11) is 1.96. The van der Waals surface area contributed by atoms with Gasteiger partial charge in [-0.2, -0.15) is 9.36 Å². The number of aromatic nitrogens is 5. The lowest BCUT2D eigenvalue weighted by Crippen LogP contribution is -2.41. The third-order valence-electron chi connectivity index (χ3n) is 5.23. The van der Waals surface area contributed by atoms with Crippen LogP contribution in [0.15, 0.2) is 24.3 Å². The van der Waals surface area contributed by atoms with Crippen LogP contribution in [0.3, 0.4) is 0 Å². The van der Waals surface area contributed by atoms with Crippen LogP contribution >= 0.6 is 11.5 Å². The van der Waals surface area contributed by atoms with Gasteiger partial charge in [0.25, 0.3) is 5.91 Å². The largest absolute Gasteiger partial charge is 0.341 e. The molecule has 0 N–H and O–H groups in total. The highest BCUT2D eigenvalue weighted by Crippen LogP contribution is 2.31. The van der Waals surface area contributed by atoms with Crippen molar-refractivity contribution in [2.24, 2.45) is 0 Å². The second kappa shape index (κ2) is 7.51. The summed E-state index contributed by atoms with van der Waals surface area (Å²) >= 11 is 1.29. The second-order valence-corrected chi connectivity index (χ2v) is 8.07. The fourth-order valence-electron chi connectivity index (χ4n) is 3.26. The van der Waals surface area contributed by atoms with Gasteiger partial charge < -0.3 is 14.4 Å². The lowest BCUT2D eigenvalue weighted by Gasteiger charge is -2.33. The summed E-state index contributed by atoms with van der Waals surface area (Å²) in [5, 5.41) is 9.36. The van der Waals surface area contributed by atoms with Gasteiger partial charge in [-0.15, -0.1) is 10.2 Å². The molecule has 1 unspecified atom stereocenters. The van der Waals surface area contributed by atoms with Crippen molar-refractivity contribution in [3.05, 3.63) is 41.5 Å². The van der Waals surface area contributed by atoms with Crippen molar-refractivity contribution in [3.63, 3.8) is 0 Å². The predicted molar refractivity (Wildman–Crippen MR) is 108 cm³/mol. The molecule has 0 fully saturated rings. The minimum absolute atomic E-state index is 0.148. The molecular formula is C19H22FN7OS. The summed E-state index contributed by atoms with van der Waals surface area (Å²) in [5.41, 5.74) is 0.455. The molecule has 1 atom stereocenters. The number of benzene rings is 1. The molecule has 1 aromatic carbocycles. The molecule has 10 heteroatoms. The zero-order valence-corrected chi connectivity index (χ0v) is 17.5. The lowest BCUT2D eigenvalue weighted by molar-refractivity contribution is 0.0638. The fourth-order valence-corrected chi connectivity index (χ4v) is 3.95. The van der Waals surface area contributed by atoms with Crippen molar-refractivity contribution in [1.82, 2.24) is 29.0 Å². The number of carbonyl (C=O) groups is 1. The van der Waals surface area contributed by atoms with E-state index >= 15 is 0 Å². The van der Waals surface area contributed by atoms with Crippen LogP contribution in [0.2, 0.25) is 0 Å². The van der Waals surface area contributed by atoms with Gasteiger partial charge >= 0.3 is 0 Å². The van der Waals surface area contributed by atoms with E-state index in [9.17, 15) is 9.18 Å². The Labute approximate surface area is 172 Å². The maximum atomic E-state index is 13.2. The number of amides is 1. The van der Waals surface area contributed by atoms with Crippen molar-refractivity contribution in [2.45, 2.75) is 39.4 Å². The van der Waals surface area contributed by atoms with Crippen LogP contribution in [0.1, 0.15) is 43.0 Å². The number of nitrogens with zero attached hydrogens (tertiary/aromatic N) is 7. The molecule has 0 aliphatic carbocycles. The zero-order valence-electron chi connectivity index (χ0n) is 16.7. The Morgan fingerprint density at radius 3 is 2.66 bits per heavy atom. The molecule has 8 nitrogen and oxygen atoms in total. The Bertz CT molecular complexity index is 1030. The summed E-state index contributed by atoms with van der Waals surface area (Å²) in [6, 6.07) is 5.63. The van der Waals surface area contributed by atoms with Gasteiger partial charge in [-0.1, -0.05) is 0 Å². The van der Waals surface area contributed by atoms with Crippen LogP contribution in [0.5, 0.6) is 0 Å². The van der Waals surface area contributed by atoms with Crippen LogP contribution < -0.4 is 4.90 Å². The highest BCUT2D eigenvalue weighted by Gasteiger charge is 2.33. The molecule has 0 radical (unpaired) electrons. The van der Waals surface area contributed by atoms with E-state index in [-0.39, 0.29) is 23.8 Å². The lowest BCUT2D eigenvalue weighted by atomic mass is 10.1. The van der Waals surface area contributed by atoms with E-state index in [4.69, 9.17) is 0 Å². The maximum absolute atomic E-state index is 13.2. The number of fused-ring (bicyclic) bond motifs is 1. The molecule has 1 amide bonds. The summed E-state index contributed by atoms with van der Waals surface area (Å²) < 4.78 is 19.6. The standard InChI is InChI=1S/C19H22FN7OS/c1-11(2)25(4)19-21-17(29-24-19)16-23-22-15-12(3)26(9-10-27(15)16)18(28)13-5-7-14(20)8-6-13/h5-8,11-12H,9-10H2,1-4H3. The quantitative estimate of drug-likeness (QED) is 0.652. The number of halogens is 1. The molecule has 4 rings (SSSR count). The van der Waals surface area contributed by atoms with Crippen molar-refractivity contribution < 1.29 is 9.18 Å². The molecule has 0 spiro atoms. The van der Waals surface area contributed by atoms with Crippen LogP contribution in [-0.2, 0) is 6.54 Å². The molecule has 29 heavy (non-hydrogen) atoms. The van der Waals surface area contributed by atoms with Gasteiger partial charge in [0.2, 0.25) is 5.95 Å². The minimum Gasteiger partial charge on any atom is -0.341 e. The normalized spacial score (nSPS) is 16.2. The number of anilines is 1. The van der Waals surface area contributed by atoms with Gasteiger partial charge in [0.05, 0.1) is 6.04 Å². The Hall–Kier alpha value is -2.88. The van der Waals surface area contributed by atoms with Gasteiger partial charge in [0.15, 0.2) is 16.7 Å². The van der Waals surface area contributed by atoms with Crippen molar-refractivity contribution in [2.75, 3.05) is 18.5 Å². The zero-order chi connectivity index (χ0) is 20.7. The van der Waals surface area contributed by atoms with Crippen LogP contribution in [0.25, 0.3) is 10.8 Å². The first-order chi connectivity index (χ1) is 13.9. The van der Waals surface area contributed by atoms with Crippen LogP contribution in [0.4, 0.5) is 10.3 Å². The van der Waals surface area contributed by atoms with E-state index in [1.165, 1.54) is 35.8 Å². The molecule has 0 bridgehead atoms. The topological polar surface area (TPSA) is 80.0 Å². The third-order valence-corrected chi connectivity index (χ3v) is 5.94. The second-order valence-electron chi connectivity index (χ2n) is 7.32. The van der Waals surface area contributed by atoms with Crippen LogP contribution in [0, 0.1) is 5.82 Å². The van der Waals surface area contributed by atoms with Gasteiger partial charge in [-0.05, 0) is 56.6 Å².